The molecule has 1 saturated heterocycles. The third kappa shape index (κ3) is 2.36. The van der Waals surface area contributed by atoms with Crippen LogP contribution in [-0.4, -0.2) is 34.6 Å². The summed E-state index contributed by atoms with van der Waals surface area (Å²) in [4.78, 5) is 15.4. The molecule has 0 spiro atoms. The molecule has 3 heterocycles. The van der Waals surface area contributed by atoms with Crippen molar-refractivity contribution in [3.8, 4) is 0 Å². The molecule has 0 aliphatic carbocycles. The van der Waals surface area contributed by atoms with Crippen LogP contribution in [0.3, 0.4) is 0 Å². The summed E-state index contributed by atoms with van der Waals surface area (Å²) < 4.78 is 5.85. The number of nitrogens with zero attached hydrogens (tertiary/aromatic N) is 4. The van der Waals surface area contributed by atoms with Crippen molar-refractivity contribution in [3.63, 3.8) is 0 Å². The number of morpholine rings is 1. The molecule has 4 rings (SSSR count). The quantitative estimate of drug-likeness (QED) is 0.728. The Morgan fingerprint density at radius 1 is 1.19 bits per heavy atom. The lowest BCUT2D eigenvalue weighted by Crippen LogP contribution is -2.39. The van der Waals surface area contributed by atoms with Gasteiger partial charge in [-0.15, -0.1) is 11.3 Å². The predicted octanol–water partition coefficient (Wildman–Crippen LogP) is 2.66. The van der Waals surface area contributed by atoms with Crippen LogP contribution >= 0.6 is 11.3 Å². The molecule has 0 amide bonds. The average molecular weight is 298 g/mol. The Morgan fingerprint density at radius 3 is 3.05 bits per heavy atom. The van der Waals surface area contributed by atoms with Crippen LogP contribution in [0.5, 0.6) is 0 Å². The van der Waals surface area contributed by atoms with Crippen LogP contribution in [0.4, 0.5) is 5.82 Å². The number of hydrogen-bond acceptors (Lipinski definition) is 6. The molecule has 2 aromatic heterocycles. The number of aromatic nitrogens is 3. The summed E-state index contributed by atoms with van der Waals surface area (Å²) in [6.07, 6.45) is 3.47. The molecule has 106 valence electrons. The van der Waals surface area contributed by atoms with E-state index in [0.29, 0.717) is 6.61 Å². The first-order valence-corrected chi connectivity index (χ1v) is 7.75. The van der Waals surface area contributed by atoms with Crippen LogP contribution in [0.1, 0.15) is 11.1 Å². The molecule has 1 aliphatic rings. The first-order chi connectivity index (χ1) is 10.4. The van der Waals surface area contributed by atoms with Gasteiger partial charge in [-0.05, 0) is 12.1 Å². The van der Waals surface area contributed by atoms with Gasteiger partial charge in [-0.3, -0.25) is 0 Å². The molecule has 6 heteroatoms. The Balaban J connectivity index is 1.68. The van der Waals surface area contributed by atoms with E-state index in [0.717, 1.165) is 34.8 Å². The minimum absolute atomic E-state index is 0.0208. The summed E-state index contributed by atoms with van der Waals surface area (Å²) in [7, 11) is 0. The molecule has 0 N–H and O–H groups in total. The molecule has 5 nitrogen and oxygen atoms in total. The van der Waals surface area contributed by atoms with Gasteiger partial charge in [0.2, 0.25) is 0 Å². The molecule has 3 aromatic rings. The Labute approximate surface area is 126 Å². The van der Waals surface area contributed by atoms with E-state index < -0.39 is 0 Å². The average Bonchev–Trinajstić information content (AvgIpc) is 3.09. The van der Waals surface area contributed by atoms with Crippen LogP contribution in [0.2, 0.25) is 0 Å². The highest BCUT2D eigenvalue weighted by Gasteiger charge is 2.25. The fraction of sp³-hybridized carbons (Fsp3) is 0.267. The highest BCUT2D eigenvalue weighted by molar-refractivity contribution is 7.09. The second-order valence-electron chi connectivity index (χ2n) is 4.89. The van der Waals surface area contributed by atoms with E-state index >= 15 is 0 Å². The highest BCUT2D eigenvalue weighted by atomic mass is 32.1. The van der Waals surface area contributed by atoms with E-state index in [1.807, 2.05) is 29.8 Å². The maximum absolute atomic E-state index is 5.85. The Morgan fingerprint density at radius 2 is 2.14 bits per heavy atom. The van der Waals surface area contributed by atoms with Gasteiger partial charge in [-0.1, -0.05) is 12.1 Å². The predicted molar refractivity (Wildman–Crippen MR) is 82.6 cm³/mol. The van der Waals surface area contributed by atoms with Crippen molar-refractivity contribution < 1.29 is 4.74 Å². The molecule has 1 fully saturated rings. The lowest BCUT2D eigenvalue weighted by molar-refractivity contribution is 0.0394. The zero-order valence-corrected chi connectivity index (χ0v) is 12.2. The molecule has 0 bridgehead atoms. The smallest absolute Gasteiger partial charge is 0.140 e. The Bertz CT molecular complexity index is 741. The van der Waals surface area contributed by atoms with Crippen LogP contribution in [-0.2, 0) is 4.74 Å². The lowest BCUT2D eigenvalue weighted by Gasteiger charge is -2.33. The van der Waals surface area contributed by atoms with Crippen molar-refractivity contribution in [3.05, 3.63) is 47.2 Å². The van der Waals surface area contributed by atoms with Gasteiger partial charge >= 0.3 is 0 Å². The number of hydrogen-bond donors (Lipinski definition) is 0. The van der Waals surface area contributed by atoms with Gasteiger partial charge < -0.3 is 9.64 Å². The summed E-state index contributed by atoms with van der Waals surface area (Å²) in [5.41, 5.74) is 0.972. The molecule has 1 aliphatic heterocycles. The van der Waals surface area contributed by atoms with Crippen molar-refractivity contribution in [2.24, 2.45) is 0 Å². The Kier molecular flexibility index (Phi) is 3.25. The van der Waals surface area contributed by atoms with E-state index in [1.165, 1.54) is 0 Å². The molecular weight excluding hydrogens is 284 g/mol. The van der Waals surface area contributed by atoms with Gasteiger partial charge in [0, 0.05) is 23.5 Å². The lowest BCUT2D eigenvalue weighted by atomic mass is 10.2. The standard InChI is InChI=1S/C15H14N4OS/c1-2-4-12-11(3-1)14(18-10-17-12)19-6-7-20-13(9-19)15-16-5-8-21-15/h1-5,8,10,13H,6-7,9H2. The molecule has 0 saturated carbocycles. The zero-order valence-electron chi connectivity index (χ0n) is 11.3. The molecule has 1 unspecified atom stereocenters. The fourth-order valence-electron chi connectivity index (χ4n) is 2.63. The van der Waals surface area contributed by atoms with Crippen molar-refractivity contribution >= 4 is 28.1 Å². The highest BCUT2D eigenvalue weighted by Crippen LogP contribution is 2.29. The normalized spacial score (nSPS) is 19.0. The number of ether oxygens (including phenoxy) is 1. The summed E-state index contributed by atoms with van der Waals surface area (Å²) >= 11 is 1.63. The fourth-order valence-corrected chi connectivity index (χ4v) is 3.30. The van der Waals surface area contributed by atoms with Gasteiger partial charge in [0.15, 0.2) is 0 Å². The van der Waals surface area contributed by atoms with Gasteiger partial charge in [-0.25, -0.2) is 15.0 Å². The van der Waals surface area contributed by atoms with Crippen LogP contribution in [0, 0.1) is 0 Å². The van der Waals surface area contributed by atoms with Crippen molar-refractivity contribution in [2.45, 2.75) is 6.10 Å². The summed E-state index contributed by atoms with van der Waals surface area (Å²) in [6.45, 7) is 2.29. The minimum Gasteiger partial charge on any atom is -0.367 e. The summed E-state index contributed by atoms with van der Waals surface area (Å²) in [5, 5.41) is 4.09. The number of fused-ring (bicyclic) bond motifs is 1. The largest absolute Gasteiger partial charge is 0.367 e. The Hall–Kier alpha value is -2.05. The monoisotopic (exact) mass is 298 g/mol. The van der Waals surface area contributed by atoms with Gasteiger partial charge in [-0.2, -0.15) is 0 Å². The summed E-state index contributed by atoms with van der Waals surface area (Å²) in [6, 6.07) is 8.10. The second kappa shape index (κ2) is 5.38. The van der Waals surface area contributed by atoms with Gasteiger partial charge in [0.25, 0.3) is 0 Å². The van der Waals surface area contributed by atoms with E-state index in [4.69, 9.17) is 4.74 Å². The van der Waals surface area contributed by atoms with Crippen LogP contribution < -0.4 is 4.90 Å². The van der Waals surface area contributed by atoms with Crippen molar-refractivity contribution in [1.29, 1.82) is 0 Å². The van der Waals surface area contributed by atoms with E-state index in [2.05, 4.69) is 25.9 Å². The minimum atomic E-state index is 0.0208. The maximum Gasteiger partial charge on any atom is 0.140 e. The van der Waals surface area contributed by atoms with E-state index in [9.17, 15) is 0 Å². The number of thiazole rings is 1. The van der Waals surface area contributed by atoms with Gasteiger partial charge in [0.05, 0.1) is 18.7 Å². The maximum atomic E-state index is 5.85. The molecule has 1 aromatic carbocycles. The van der Waals surface area contributed by atoms with E-state index in [1.54, 1.807) is 17.7 Å². The topological polar surface area (TPSA) is 51.1 Å². The van der Waals surface area contributed by atoms with Gasteiger partial charge in [0.1, 0.15) is 23.3 Å². The third-order valence-corrected chi connectivity index (χ3v) is 4.48. The zero-order chi connectivity index (χ0) is 14.1. The molecule has 1 atom stereocenters. The number of anilines is 1. The number of rotatable bonds is 2. The summed E-state index contributed by atoms with van der Waals surface area (Å²) in [5.74, 6) is 0.977. The number of benzene rings is 1. The molecule has 0 radical (unpaired) electrons. The number of para-hydroxylation sites is 1. The van der Waals surface area contributed by atoms with Crippen LogP contribution in [0.25, 0.3) is 10.9 Å². The van der Waals surface area contributed by atoms with Crippen molar-refractivity contribution in [2.75, 3.05) is 24.6 Å². The second-order valence-corrected chi connectivity index (χ2v) is 5.82. The molecule has 21 heavy (non-hydrogen) atoms. The van der Waals surface area contributed by atoms with Crippen molar-refractivity contribution in [1.82, 2.24) is 15.0 Å². The van der Waals surface area contributed by atoms with E-state index in [-0.39, 0.29) is 6.10 Å². The first-order valence-electron chi connectivity index (χ1n) is 6.87. The first kappa shape index (κ1) is 12.7. The SMILES string of the molecule is c1ccc2c(N3CCOC(c4nccs4)C3)ncnc2c1. The van der Waals surface area contributed by atoms with Crippen LogP contribution in [0.15, 0.2) is 42.2 Å². The third-order valence-electron chi connectivity index (χ3n) is 3.61. The molecular formula is C15H14N4OS.